The molecule has 0 bridgehead atoms. The maximum atomic E-state index is 12.1. The van der Waals surface area contributed by atoms with E-state index < -0.39 is 5.54 Å². The zero-order valence-electron chi connectivity index (χ0n) is 11.3. The Labute approximate surface area is 104 Å². The van der Waals surface area contributed by atoms with Gasteiger partial charge < -0.3 is 15.7 Å². The molecule has 0 spiro atoms. The minimum atomic E-state index is -0.414. The van der Waals surface area contributed by atoms with Crippen LogP contribution in [0.2, 0.25) is 0 Å². The molecule has 4 heteroatoms. The number of aliphatic hydroxyl groups excluding tert-OH is 1. The number of carbonyl (C=O) groups is 1. The fraction of sp³-hybridized carbons (Fsp3) is 0.923. The molecule has 1 unspecified atom stereocenters. The lowest BCUT2D eigenvalue weighted by Gasteiger charge is -2.32. The molecule has 1 heterocycles. The molecule has 1 atom stereocenters. The van der Waals surface area contributed by atoms with Crippen molar-refractivity contribution in [2.45, 2.75) is 52.0 Å². The number of hydrogen-bond donors (Lipinski definition) is 3. The van der Waals surface area contributed by atoms with E-state index in [1.807, 2.05) is 6.92 Å². The Bertz CT molecular complexity index is 248. The first-order valence-corrected chi connectivity index (χ1v) is 6.66. The van der Waals surface area contributed by atoms with Gasteiger partial charge in [0.15, 0.2) is 0 Å². The van der Waals surface area contributed by atoms with Gasteiger partial charge in [-0.2, -0.15) is 0 Å². The van der Waals surface area contributed by atoms with Crippen LogP contribution < -0.4 is 10.6 Å². The van der Waals surface area contributed by atoms with Crippen molar-refractivity contribution in [2.24, 2.45) is 5.41 Å². The summed E-state index contributed by atoms with van der Waals surface area (Å²) in [5.41, 5.74) is -0.576. The molecular formula is C13H26N2O2. The van der Waals surface area contributed by atoms with Crippen LogP contribution in [0.15, 0.2) is 0 Å². The fourth-order valence-electron chi connectivity index (χ4n) is 2.33. The van der Waals surface area contributed by atoms with E-state index in [-0.39, 0.29) is 17.9 Å². The molecule has 1 rings (SSSR count). The molecule has 100 valence electrons. The average molecular weight is 242 g/mol. The molecule has 0 aromatic carbocycles. The van der Waals surface area contributed by atoms with Crippen LogP contribution in [0.3, 0.4) is 0 Å². The van der Waals surface area contributed by atoms with Crippen LogP contribution in [0, 0.1) is 5.41 Å². The van der Waals surface area contributed by atoms with Crippen molar-refractivity contribution in [2.75, 3.05) is 19.7 Å². The maximum absolute atomic E-state index is 12.1. The summed E-state index contributed by atoms with van der Waals surface area (Å²) in [6.45, 7) is 7.67. The van der Waals surface area contributed by atoms with Gasteiger partial charge in [-0.25, -0.2) is 0 Å². The maximum Gasteiger partial charge on any atom is 0.240 e. The van der Waals surface area contributed by atoms with Crippen LogP contribution in [0.1, 0.15) is 46.5 Å². The molecule has 0 aliphatic carbocycles. The zero-order chi connectivity index (χ0) is 12.9. The summed E-state index contributed by atoms with van der Waals surface area (Å²) < 4.78 is 0. The summed E-state index contributed by atoms with van der Waals surface area (Å²) in [5.74, 6) is 0.0646. The number of rotatable bonds is 6. The van der Waals surface area contributed by atoms with Gasteiger partial charge in [-0.1, -0.05) is 13.8 Å². The van der Waals surface area contributed by atoms with Crippen molar-refractivity contribution in [3.05, 3.63) is 0 Å². The highest BCUT2D eigenvalue weighted by Gasteiger charge is 2.37. The van der Waals surface area contributed by atoms with Crippen LogP contribution in [0.25, 0.3) is 0 Å². The Morgan fingerprint density at radius 3 is 2.53 bits per heavy atom. The number of nitrogens with one attached hydrogen (secondary N) is 2. The molecule has 1 fully saturated rings. The van der Waals surface area contributed by atoms with E-state index in [1.165, 1.54) is 0 Å². The Kier molecular flexibility index (Phi) is 4.95. The highest BCUT2D eigenvalue weighted by Crippen LogP contribution is 2.25. The number of hydrogen-bond acceptors (Lipinski definition) is 3. The van der Waals surface area contributed by atoms with Crippen molar-refractivity contribution < 1.29 is 9.90 Å². The van der Waals surface area contributed by atoms with Gasteiger partial charge in [0.1, 0.15) is 0 Å². The van der Waals surface area contributed by atoms with E-state index in [0.717, 1.165) is 32.2 Å². The van der Waals surface area contributed by atoms with Gasteiger partial charge in [-0.05, 0) is 39.2 Å². The lowest BCUT2D eigenvalue weighted by molar-refractivity contribution is -0.127. The minimum absolute atomic E-state index is 0.0646. The quantitative estimate of drug-likeness (QED) is 0.652. The van der Waals surface area contributed by atoms with E-state index in [9.17, 15) is 9.90 Å². The monoisotopic (exact) mass is 242 g/mol. The van der Waals surface area contributed by atoms with Crippen LogP contribution in [0.5, 0.6) is 0 Å². The number of amides is 1. The molecule has 4 nitrogen and oxygen atoms in total. The van der Waals surface area contributed by atoms with Crippen LogP contribution in [-0.2, 0) is 4.79 Å². The minimum Gasteiger partial charge on any atom is -0.396 e. The highest BCUT2D eigenvalue weighted by atomic mass is 16.3. The van der Waals surface area contributed by atoms with Gasteiger partial charge in [0.2, 0.25) is 5.91 Å². The summed E-state index contributed by atoms with van der Waals surface area (Å²) in [7, 11) is 0. The SMILES string of the molecule is CCC(CC)(CO)CNC(=O)C1(C)CCCN1. The first-order valence-electron chi connectivity index (χ1n) is 6.66. The molecule has 1 aliphatic heterocycles. The summed E-state index contributed by atoms with van der Waals surface area (Å²) in [6, 6.07) is 0. The van der Waals surface area contributed by atoms with E-state index in [1.54, 1.807) is 0 Å². The second-order valence-corrected chi connectivity index (χ2v) is 5.41. The second-order valence-electron chi connectivity index (χ2n) is 5.41. The highest BCUT2D eigenvalue weighted by molar-refractivity contribution is 5.86. The molecule has 17 heavy (non-hydrogen) atoms. The van der Waals surface area contributed by atoms with E-state index in [2.05, 4.69) is 24.5 Å². The van der Waals surface area contributed by atoms with Gasteiger partial charge in [0, 0.05) is 12.0 Å². The third-order valence-corrected chi connectivity index (χ3v) is 4.33. The van der Waals surface area contributed by atoms with Crippen molar-refractivity contribution in [3.63, 3.8) is 0 Å². The first-order chi connectivity index (χ1) is 8.02. The number of aliphatic hydroxyl groups is 1. The Balaban J connectivity index is 2.52. The van der Waals surface area contributed by atoms with Crippen LogP contribution in [0.4, 0.5) is 0 Å². The Morgan fingerprint density at radius 1 is 1.47 bits per heavy atom. The van der Waals surface area contributed by atoms with Crippen molar-refractivity contribution >= 4 is 5.91 Å². The Hall–Kier alpha value is -0.610. The average Bonchev–Trinajstić information content (AvgIpc) is 2.80. The smallest absolute Gasteiger partial charge is 0.240 e. The molecular weight excluding hydrogens is 216 g/mol. The molecule has 0 saturated carbocycles. The summed E-state index contributed by atoms with van der Waals surface area (Å²) >= 11 is 0. The topological polar surface area (TPSA) is 61.4 Å². The molecule has 0 aromatic rings. The molecule has 3 N–H and O–H groups in total. The van der Waals surface area contributed by atoms with Gasteiger partial charge >= 0.3 is 0 Å². The van der Waals surface area contributed by atoms with E-state index in [4.69, 9.17) is 0 Å². The fourth-order valence-corrected chi connectivity index (χ4v) is 2.33. The van der Waals surface area contributed by atoms with Gasteiger partial charge in [0.05, 0.1) is 12.1 Å². The van der Waals surface area contributed by atoms with E-state index in [0.29, 0.717) is 6.54 Å². The normalized spacial score (nSPS) is 24.9. The first kappa shape index (κ1) is 14.5. The molecule has 1 aliphatic rings. The molecule has 1 amide bonds. The zero-order valence-corrected chi connectivity index (χ0v) is 11.3. The predicted molar refractivity (Wildman–Crippen MR) is 68.8 cm³/mol. The van der Waals surface area contributed by atoms with Crippen LogP contribution in [-0.4, -0.2) is 36.2 Å². The third kappa shape index (κ3) is 3.19. The third-order valence-electron chi connectivity index (χ3n) is 4.33. The summed E-state index contributed by atoms with van der Waals surface area (Å²) in [4.78, 5) is 12.1. The predicted octanol–water partition coefficient (Wildman–Crippen LogP) is 1.04. The van der Waals surface area contributed by atoms with Crippen molar-refractivity contribution in [1.29, 1.82) is 0 Å². The lowest BCUT2D eigenvalue weighted by Crippen LogP contribution is -2.53. The molecule has 0 radical (unpaired) electrons. The van der Waals surface area contributed by atoms with Gasteiger partial charge in [-0.3, -0.25) is 4.79 Å². The van der Waals surface area contributed by atoms with E-state index >= 15 is 0 Å². The molecule has 0 aromatic heterocycles. The molecule has 1 saturated heterocycles. The van der Waals surface area contributed by atoms with Gasteiger partial charge in [0.25, 0.3) is 0 Å². The largest absolute Gasteiger partial charge is 0.396 e. The van der Waals surface area contributed by atoms with Crippen molar-refractivity contribution in [3.8, 4) is 0 Å². The van der Waals surface area contributed by atoms with Gasteiger partial charge in [-0.15, -0.1) is 0 Å². The Morgan fingerprint density at radius 2 is 2.12 bits per heavy atom. The number of carbonyl (C=O) groups excluding carboxylic acids is 1. The summed E-state index contributed by atoms with van der Waals surface area (Å²) in [6.07, 6.45) is 3.70. The van der Waals surface area contributed by atoms with Crippen LogP contribution >= 0.6 is 0 Å². The summed E-state index contributed by atoms with van der Waals surface area (Å²) in [5, 5.41) is 15.7. The standard InChI is InChI=1S/C13H26N2O2/c1-4-13(5-2,10-16)9-14-11(17)12(3)7-6-8-15-12/h15-16H,4-10H2,1-3H3,(H,14,17). The lowest BCUT2D eigenvalue weighted by atomic mass is 9.83. The second kappa shape index (κ2) is 5.83. The van der Waals surface area contributed by atoms with Crippen molar-refractivity contribution in [1.82, 2.24) is 10.6 Å².